The van der Waals surface area contributed by atoms with E-state index in [1.807, 2.05) is 56.0 Å². The molecule has 4 aliphatic rings. The van der Waals surface area contributed by atoms with Gasteiger partial charge in [0.15, 0.2) is 0 Å². The minimum absolute atomic E-state index is 0.00930. The third-order valence-electron chi connectivity index (χ3n) is 10.3. The molecular formula is C39H56N6O8. The molecule has 3 fully saturated rings. The minimum Gasteiger partial charge on any atom is -0.466 e. The summed E-state index contributed by atoms with van der Waals surface area (Å²) in [6.07, 6.45) is 4.98. The van der Waals surface area contributed by atoms with Crippen LogP contribution in [-0.2, 0) is 43.3 Å². The van der Waals surface area contributed by atoms with E-state index in [2.05, 4.69) is 9.80 Å². The number of piperazine rings is 1. The molecular weight excluding hydrogens is 680 g/mol. The molecule has 14 heteroatoms. The van der Waals surface area contributed by atoms with Gasteiger partial charge in [0.05, 0.1) is 44.0 Å². The Morgan fingerprint density at radius 2 is 1.70 bits per heavy atom. The normalized spacial score (nSPS) is 21.4. The largest absolute Gasteiger partial charge is 0.466 e. The Morgan fingerprint density at radius 1 is 0.925 bits per heavy atom. The first kappa shape index (κ1) is 38.6. The molecule has 5 heterocycles. The topological polar surface area (TPSA) is 136 Å². The first-order valence-corrected chi connectivity index (χ1v) is 19.3. The van der Waals surface area contributed by atoms with Crippen LogP contribution in [0.2, 0.25) is 0 Å². The van der Waals surface area contributed by atoms with Crippen molar-refractivity contribution >= 4 is 24.0 Å². The van der Waals surface area contributed by atoms with Gasteiger partial charge in [0.2, 0.25) is 0 Å². The molecule has 2 bridgehead atoms. The average molecular weight is 737 g/mol. The van der Waals surface area contributed by atoms with Crippen LogP contribution in [0.25, 0.3) is 0 Å². The molecule has 1 aromatic carbocycles. The quantitative estimate of drug-likeness (QED) is 0.147. The second-order valence-corrected chi connectivity index (χ2v) is 15.3. The first-order chi connectivity index (χ1) is 25.6. The molecule has 290 valence electrons. The fourth-order valence-electron chi connectivity index (χ4n) is 7.77. The Kier molecular flexibility index (Phi) is 12.9. The number of esters is 1. The Balaban J connectivity index is 1.11. The minimum atomic E-state index is -0.606. The number of carbonyl (C=O) groups is 3. The van der Waals surface area contributed by atoms with Gasteiger partial charge < -0.3 is 33.5 Å². The van der Waals surface area contributed by atoms with Gasteiger partial charge in [0, 0.05) is 44.4 Å². The van der Waals surface area contributed by atoms with Gasteiger partial charge in [-0.2, -0.15) is 9.97 Å². The lowest BCUT2D eigenvalue weighted by molar-refractivity contribution is -0.144. The van der Waals surface area contributed by atoms with Crippen LogP contribution in [0.1, 0.15) is 83.0 Å². The second-order valence-electron chi connectivity index (χ2n) is 15.3. The van der Waals surface area contributed by atoms with Crippen molar-refractivity contribution in [3.63, 3.8) is 0 Å². The maximum Gasteiger partial charge on any atom is 0.410 e. The summed E-state index contributed by atoms with van der Waals surface area (Å²) in [7, 11) is 0. The summed E-state index contributed by atoms with van der Waals surface area (Å²) < 4.78 is 28.5. The maximum atomic E-state index is 13.3. The lowest BCUT2D eigenvalue weighted by Gasteiger charge is -2.42. The molecule has 6 rings (SSSR count). The molecule has 0 saturated carbocycles. The molecule has 0 aliphatic carbocycles. The van der Waals surface area contributed by atoms with E-state index in [4.69, 9.17) is 33.7 Å². The van der Waals surface area contributed by atoms with E-state index in [1.54, 1.807) is 11.8 Å². The Morgan fingerprint density at radius 3 is 2.43 bits per heavy atom. The van der Waals surface area contributed by atoms with Gasteiger partial charge in [-0.1, -0.05) is 30.3 Å². The number of likely N-dealkylation sites (tertiary alicyclic amines) is 1. The van der Waals surface area contributed by atoms with Gasteiger partial charge in [-0.15, -0.1) is 0 Å². The molecule has 2 aromatic rings. The molecule has 0 spiro atoms. The zero-order valence-electron chi connectivity index (χ0n) is 31.8. The molecule has 3 saturated heterocycles. The van der Waals surface area contributed by atoms with Crippen LogP contribution in [0.3, 0.4) is 0 Å². The van der Waals surface area contributed by atoms with E-state index in [9.17, 15) is 14.4 Å². The van der Waals surface area contributed by atoms with Gasteiger partial charge in [-0.05, 0) is 78.3 Å². The number of nitrogens with zero attached hydrogens (tertiary/aromatic N) is 6. The van der Waals surface area contributed by atoms with Crippen molar-refractivity contribution in [1.29, 1.82) is 0 Å². The zero-order chi connectivity index (χ0) is 37.4. The van der Waals surface area contributed by atoms with Crippen molar-refractivity contribution in [2.75, 3.05) is 64.1 Å². The highest BCUT2D eigenvalue weighted by Gasteiger charge is 2.45. The third kappa shape index (κ3) is 10.3. The highest BCUT2D eigenvalue weighted by Crippen LogP contribution is 2.36. The summed E-state index contributed by atoms with van der Waals surface area (Å²) in [5, 5.41) is 0. The van der Waals surface area contributed by atoms with E-state index in [1.165, 1.54) is 0 Å². The van der Waals surface area contributed by atoms with Gasteiger partial charge in [0.1, 0.15) is 24.6 Å². The second kappa shape index (κ2) is 17.8. The van der Waals surface area contributed by atoms with E-state index >= 15 is 0 Å². The van der Waals surface area contributed by atoms with E-state index in [0.29, 0.717) is 65.0 Å². The van der Waals surface area contributed by atoms with Gasteiger partial charge in [-0.3, -0.25) is 14.6 Å². The van der Waals surface area contributed by atoms with Gasteiger partial charge in [-0.25, -0.2) is 9.59 Å². The number of hydrogen-bond donors (Lipinski definition) is 0. The van der Waals surface area contributed by atoms with Crippen molar-refractivity contribution in [3.05, 3.63) is 47.2 Å². The van der Waals surface area contributed by atoms with E-state index in [0.717, 1.165) is 67.8 Å². The van der Waals surface area contributed by atoms with Crippen LogP contribution in [0.4, 0.5) is 15.4 Å². The van der Waals surface area contributed by atoms with E-state index < -0.39 is 5.60 Å². The van der Waals surface area contributed by atoms with Crippen molar-refractivity contribution < 1.29 is 38.1 Å². The first-order valence-electron chi connectivity index (χ1n) is 19.3. The molecule has 2 unspecified atom stereocenters. The summed E-state index contributed by atoms with van der Waals surface area (Å²) in [6, 6.07) is 10.3. The number of rotatable bonds is 14. The number of hydrogen-bond acceptors (Lipinski definition) is 12. The molecule has 2 amide bonds. The third-order valence-corrected chi connectivity index (χ3v) is 10.3. The van der Waals surface area contributed by atoms with Crippen LogP contribution in [0, 0.1) is 0 Å². The number of benzene rings is 1. The van der Waals surface area contributed by atoms with Crippen LogP contribution in [0.15, 0.2) is 30.3 Å². The maximum absolute atomic E-state index is 13.3. The van der Waals surface area contributed by atoms with Crippen LogP contribution in [-0.4, -0.2) is 126 Å². The van der Waals surface area contributed by atoms with E-state index in [-0.39, 0.29) is 49.3 Å². The smallest absolute Gasteiger partial charge is 0.410 e. The predicted molar refractivity (Wildman–Crippen MR) is 197 cm³/mol. The standard InChI is InChI=1S/C39H56N6O8/c1-5-50-34(46)17-22-49-21-10-19-42-18-9-13-31(42)27-51-36-40-33-25-43(37(47)53-39(2,3)4)20-16-32(33)35(41-36)44-23-29-14-15-30(24-44)45(29)38(48)52-26-28-11-7-6-8-12-28/h6-8,11-12,29-31H,5,9-10,13-27H2,1-4H3/t29?,30?,31-/m0/s1. The van der Waals surface area contributed by atoms with Crippen molar-refractivity contribution in [2.24, 2.45) is 0 Å². The zero-order valence-corrected chi connectivity index (χ0v) is 31.8. The summed E-state index contributed by atoms with van der Waals surface area (Å²) in [6.45, 7) is 13.3. The van der Waals surface area contributed by atoms with Crippen molar-refractivity contribution in [1.82, 2.24) is 24.7 Å². The fourth-order valence-corrected chi connectivity index (χ4v) is 7.77. The summed E-state index contributed by atoms with van der Waals surface area (Å²) in [4.78, 5) is 56.2. The number of aromatic nitrogens is 2. The number of fused-ring (bicyclic) bond motifs is 3. The van der Waals surface area contributed by atoms with Gasteiger partial charge >= 0.3 is 24.2 Å². The van der Waals surface area contributed by atoms with Crippen LogP contribution >= 0.6 is 0 Å². The van der Waals surface area contributed by atoms with Crippen molar-refractivity contribution in [3.8, 4) is 6.01 Å². The monoisotopic (exact) mass is 736 g/mol. The number of amides is 2. The summed E-state index contributed by atoms with van der Waals surface area (Å²) in [5.41, 5.74) is 2.14. The highest BCUT2D eigenvalue weighted by molar-refractivity contribution is 5.71. The van der Waals surface area contributed by atoms with Gasteiger partial charge in [0.25, 0.3) is 0 Å². The molecule has 4 aliphatic heterocycles. The van der Waals surface area contributed by atoms with Crippen molar-refractivity contribution in [2.45, 2.75) is 110 Å². The summed E-state index contributed by atoms with van der Waals surface area (Å²) in [5.74, 6) is 0.592. The molecule has 53 heavy (non-hydrogen) atoms. The predicted octanol–water partition coefficient (Wildman–Crippen LogP) is 4.96. The average Bonchev–Trinajstić information content (AvgIpc) is 3.70. The fraction of sp³-hybridized carbons (Fsp3) is 0.667. The molecule has 3 atom stereocenters. The molecule has 1 aromatic heterocycles. The Labute approximate surface area is 313 Å². The Hall–Kier alpha value is -4.17. The van der Waals surface area contributed by atoms with Crippen LogP contribution < -0.4 is 9.64 Å². The molecule has 14 nitrogen and oxygen atoms in total. The number of carbonyl (C=O) groups excluding carboxylic acids is 3. The van der Waals surface area contributed by atoms with Crippen LogP contribution in [0.5, 0.6) is 6.01 Å². The lowest BCUT2D eigenvalue weighted by Crippen LogP contribution is -2.56. The number of ether oxygens (including phenoxy) is 5. The molecule has 0 radical (unpaired) electrons. The SMILES string of the molecule is CCOC(=O)CCOCCCN1CCC[C@H]1COc1nc2c(c(N3CC4CCC(C3)N4C(=O)OCc3ccccc3)n1)CCN(C(=O)OC(C)(C)C)C2. The number of anilines is 1. The molecule has 0 N–H and O–H groups in total. The Bertz CT molecular complexity index is 1540. The highest BCUT2D eigenvalue weighted by atomic mass is 16.6. The summed E-state index contributed by atoms with van der Waals surface area (Å²) >= 11 is 0. The lowest BCUT2D eigenvalue weighted by atomic mass is 10.0.